The molecule has 5 aromatic rings. The summed E-state index contributed by atoms with van der Waals surface area (Å²) in [5, 5.41) is 11.6. The molecule has 0 radical (unpaired) electrons. The van der Waals surface area contributed by atoms with Gasteiger partial charge in [-0.15, -0.1) is 11.3 Å². The van der Waals surface area contributed by atoms with Crippen molar-refractivity contribution in [3.8, 4) is 17.0 Å². The van der Waals surface area contributed by atoms with Crippen LogP contribution in [0.5, 0.6) is 5.75 Å². The lowest BCUT2D eigenvalue weighted by Gasteiger charge is -2.10. The SMILES string of the molecule is O=C(N/N=C\c1ccc(OCc2ccc(Cl)cc2Cl)c(Cl)c1)c1ccc(-c2csc(Nc3ccccc3)n2)cc1. The Labute approximate surface area is 250 Å². The molecule has 0 bridgehead atoms. The molecule has 200 valence electrons. The fourth-order valence-corrected chi connectivity index (χ4v) is 5.09. The number of aromatic nitrogens is 1. The van der Waals surface area contributed by atoms with E-state index in [1.807, 2.05) is 47.8 Å². The van der Waals surface area contributed by atoms with Gasteiger partial charge in [0.2, 0.25) is 0 Å². The number of hydrogen-bond donors (Lipinski definition) is 2. The van der Waals surface area contributed by atoms with E-state index in [2.05, 4.69) is 20.8 Å². The van der Waals surface area contributed by atoms with Crippen LogP contribution in [0.15, 0.2) is 101 Å². The molecular formula is C30H21Cl3N4O2S. The van der Waals surface area contributed by atoms with E-state index in [0.29, 0.717) is 31.9 Å². The number of nitrogens with one attached hydrogen (secondary N) is 2. The summed E-state index contributed by atoms with van der Waals surface area (Å²) in [5.41, 5.74) is 7.21. The predicted molar refractivity (Wildman–Crippen MR) is 165 cm³/mol. The number of para-hydroxylation sites is 1. The van der Waals surface area contributed by atoms with Crippen molar-refractivity contribution in [2.75, 3.05) is 5.32 Å². The first-order chi connectivity index (χ1) is 19.4. The maximum Gasteiger partial charge on any atom is 0.271 e. The van der Waals surface area contributed by atoms with Gasteiger partial charge in [-0.1, -0.05) is 71.2 Å². The van der Waals surface area contributed by atoms with Gasteiger partial charge in [-0.25, -0.2) is 10.4 Å². The van der Waals surface area contributed by atoms with E-state index in [1.54, 1.807) is 48.5 Å². The zero-order valence-corrected chi connectivity index (χ0v) is 23.9. The summed E-state index contributed by atoms with van der Waals surface area (Å²) in [4.78, 5) is 17.2. The van der Waals surface area contributed by atoms with Crippen LogP contribution in [0, 0.1) is 0 Å². The average Bonchev–Trinajstić information content (AvgIpc) is 3.42. The standard InChI is InChI=1S/C30H21Cl3N4O2S/c31-23-12-11-22(25(32)15-23)17-39-28-13-6-19(14-26(28)33)16-34-37-29(38)21-9-7-20(8-10-21)27-18-40-30(36-27)35-24-4-2-1-3-5-24/h1-16,18H,17H2,(H,35,36)(H,37,38)/b34-16-. The minimum Gasteiger partial charge on any atom is -0.487 e. The number of carbonyl (C=O) groups is 1. The zero-order valence-electron chi connectivity index (χ0n) is 20.8. The van der Waals surface area contributed by atoms with E-state index in [9.17, 15) is 4.79 Å². The van der Waals surface area contributed by atoms with Gasteiger partial charge in [0.15, 0.2) is 5.13 Å². The van der Waals surface area contributed by atoms with Crippen molar-refractivity contribution in [3.05, 3.63) is 128 Å². The molecule has 0 aliphatic carbocycles. The second-order valence-corrected chi connectivity index (χ2v) is 10.6. The lowest BCUT2D eigenvalue weighted by atomic mass is 10.1. The van der Waals surface area contributed by atoms with E-state index in [0.717, 1.165) is 27.6 Å². The summed E-state index contributed by atoms with van der Waals surface area (Å²) >= 11 is 20.0. The zero-order chi connectivity index (χ0) is 27.9. The van der Waals surface area contributed by atoms with Crippen LogP contribution in [-0.2, 0) is 6.61 Å². The summed E-state index contributed by atoms with van der Waals surface area (Å²) in [6.07, 6.45) is 1.51. The highest BCUT2D eigenvalue weighted by atomic mass is 35.5. The van der Waals surface area contributed by atoms with Gasteiger partial charge in [0.05, 0.1) is 16.9 Å². The predicted octanol–water partition coefficient (Wildman–Crippen LogP) is 8.86. The van der Waals surface area contributed by atoms with Crippen LogP contribution in [-0.4, -0.2) is 17.1 Å². The fraction of sp³-hybridized carbons (Fsp3) is 0.0333. The number of hydrazone groups is 1. The van der Waals surface area contributed by atoms with Crippen LogP contribution in [0.1, 0.15) is 21.5 Å². The third kappa shape index (κ3) is 7.20. The van der Waals surface area contributed by atoms with Crippen LogP contribution in [0.4, 0.5) is 10.8 Å². The van der Waals surface area contributed by atoms with E-state index in [1.165, 1.54) is 17.6 Å². The minimum absolute atomic E-state index is 0.242. The Bertz CT molecular complexity index is 1660. The molecule has 0 saturated heterocycles. The van der Waals surface area contributed by atoms with E-state index in [-0.39, 0.29) is 12.5 Å². The molecule has 2 N–H and O–H groups in total. The first-order valence-corrected chi connectivity index (χ1v) is 14.0. The fourth-order valence-electron chi connectivity index (χ4n) is 3.64. The maximum absolute atomic E-state index is 12.6. The van der Waals surface area contributed by atoms with E-state index < -0.39 is 0 Å². The third-order valence-electron chi connectivity index (χ3n) is 5.71. The van der Waals surface area contributed by atoms with Gasteiger partial charge < -0.3 is 10.1 Å². The molecule has 6 nitrogen and oxygen atoms in total. The van der Waals surface area contributed by atoms with Gasteiger partial charge in [-0.2, -0.15) is 5.10 Å². The summed E-state index contributed by atoms with van der Waals surface area (Å²) < 4.78 is 5.79. The molecule has 0 saturated carbocycles. The number of anilines is 2. The van der Waals surface area contributed by atoms with Crippen molar-refractivity contribution in [2.24, 2.45) is 5.10 Å². The summed E-state index contributed by atoms with van der Waals surface area (Å²) in [6.45, 7) is 0.242. The molecule has 10 heteroatoms. The monoisotopic (exact) mass is 606 g/mol. The van der Waals surface area contributed by atoms with Gasteiger partial charge in [0, 0.05) is 37.8 Å². The Hall–Kier alpha value is -3.88. The molecule has 1 aromatic heterocycles. The third-order valence-corrected chi connectivity index (χ3v) is 7.35. The number of thiazole rings is 1. The highest BCUT2D eigenvalue weighted by Crippen LogP contribution is 2.29. The summed E-state index contributed by atoms with van der Waals surface area (Å²) in [5.74, 6) is 0.162. The molecule has 4 aromatic carbocycles. The summed E-state index contributed by atoms with van der Waals surface area (Å²) in [6, 6.07) is 27.5. The first-order valence-electron chi connectivity index (χ1n) is 12.0. The Morgan fingerprint density at radius 3 is 2.48 bits per heavy atom. The molecule has 0 fully saturated rings. The van der Waals surface area contributed by atoms with Gasteiger partial charge >= 0.3 is 0 Å². The molecule has 0 aliphatic heterocycles. The number of rotatable bonds is 9. The molecule has 40 heavy (non-hydrogen) atoms. The second kappa shape index (κ2) is 13.0. The highest BCUT2D eigenvalue weighted by molar-refractivity contribution is 7.14. The van der Waals surface area contributed by atoms with Crippen molar-refractivity contribution in [2.45, 2.75) is 6.61 Å². The average molecular weight is 608 g/mol. The van der Waals surface area contributed by atoms with Crippen LogP contribution >= 0.6 is 46.1 Å². The van der Waals surface area contributed by atoms with Gasteiger partial charge in [-0.3, -0.25) is 4.79 Å². The Balaban J connectivity index is 1.14. The molecule has 0 spiro atoms. The van der Waals surface area contributed by atoms with Crippen molar-refractivity contribution in [1.82, 2.24) is 10.4 Å². The number of benzene rings is 4. The van der Waals surface area contributed by atoms with E-state index >= 15 is 0 Å². The molecule has 5 rings (SSSR count). The van der Waals surface area contributed by atoms with E-state index in [4.69, 9.17) is 39.5 Å². The number of hydrogen-bond acceptors (Lipinski definition) is 6. The Morgan fingerprint density at radius 1 is 0.925 bits per heavy atom. The minimum atomic E-state index is -0.335. The molecular weight excluding hydrogens is 587 g/mol. The number of halogens is 3. The molecule has 0 atom stereocenters. The lowest BCUT2D eigenvalue weighted by molar-refractivity contribution is 0.0955. The normalized spacial score (nSPS) is 11.0. The van der Waals surface area contributed by atoms with Crippen molar-refractivity contribution < 1.29 is 9.53 Å². The van der Waals surface area contributed by atoms with Crippen molar-refractivity contribution in [3.63, 3.8) is 0 Å². The quantitative estimate of drug-likeness (QED) is 0.130. The molecule has 1 amide bonds. The van der Waals surface area contributed by atoms with Crippen molar-refractivity contribution >= 4 is 69.1 Å². The molecule has 0 unspecified atom stereocenters. The van der Waals surface area contributed by atoms with Crippen LogP contribution < -0.4 is 15.5 Å². The molecule has 1 heterocycles. The topological polar surface area (TPSA) is 75.6 Å². The van der Waals surface area contributed by atoms with Crippen LogP contribution in [0.2, 0.25) is 15.1 Å². The number of ether oxygens (including phenoxy) is 1. The number of carbonyl (C=O) groups excluding carboxylic acids is 1. The number of nitrogens with zero attached hydrogens (tertiary/aromatic N) is 2. The van der Waals surface area contributed by atoms with Crippen molar-refractivity contribution in [1.29, 1.82) is 0 Å². The maximum atomic E-state index is 12.6. The van der Waals surface area contributed by atoms with Crippen LogP contribution in [0.3, 0.4) is 0 Å². The Morgan fingerprint density at radius 2 is 1.73 bits per heavy atom. The Kier molecular flexibility index (Phi) is 8.98. The molecule has 0 aliphatic rings. The van der Waals surface area contributed by atoms with Gasteiger partial charge in [0.25, 0.3) is 5.91 Å². The first kappa shape index (κ1) is 27.7. The number of amides is 1. The lowest BCUT2D eigenvalue weighted by Crippen LogP contribution is -2.17. The van der Waals surface area contributed by atoms with Gasteiger partial charge in [0.1, 0.15) is 12.4 Å². The largest absolute Gasteiger partial charge is 0.487 e. The second-order valence-electron chi connectivity index (χ2n) is 8.52. The smallest absolute Gasteiger partial charge is 0.271 e. The highest BCUT2D eigenvalue weighted by Gasteiger charge is 2.09. The van der Waals surface area contributed by atoms with Gasteiger partial charge in [-0.05, 0) is 60.2 Å². The summed E-state index contributed by atoms with van der Waals surface area (Å²) in [7, 11) is 0. The van der Waals surface area contributed by atoms with Crippen LogP contribution in [0.25, 0.3) is 11.3 Å².